The number of benzene rings is 1. The summed E-state index contributed by atoms with van der Waals surface area (Å²) in [6.45, 7) is 4.88. The van der Waals surface area contributed by atoms with Crippen molar-refractivity contribution in [3.8, 4) is 23.6 Å². The minimum atomic E-state index is -0.246. The Hall–Kier alpha value is -2.03. The fourth-order valence-corrected chi connectivity index (χ4v) is 6.71. The Bertz CT molecular complexity index is 1110. The van der Waals surface area contributed by atoms with Crippen LogP contribution in [0.3, 0.4) is 0 Å². The van der Waals surface area contributed by atoms with Crippen LogP contribution in [0.25, 0.3) is 11.3 Å². The molecule has 0 N–H and O–H groups in total. The van der Waals surface area contributed by atoms with Crippen LogP contribution >= 0.6 is 11.8 Å². The van der Waals surface area contributed by atoms with Gasteiger partial charge in [0.05, 0.1) is 22.6 Å². The summed E-state index contributed by atoms with van der Waals surface area (Å²) in [4.78, 5) is 19.5. The second-order valence-electron chi connectivity index (χ2n) is 9.86. The molecule has 31 heavy (non-hydrogen) atoms. The SMILES string of the molecule is C#CCSc1nc2c(c(=O)n1[C@H]1CCOC(C)(C)C1)C1(CCCC1)Cc1ccccc1-2. The first-order valence-corrected chi connectivity index (χ1v) is 12.4. The Morgan fingerprint density at radius 2 is 2.06 bits per heavy atom. The third-order valence-corrected chi connectivity index (χ3v) is 8.15. The van der Waals surface area contributed by atoms with Crippen molar-refractivity contribution in [3.05, 3.63) is 45.7 Å². The van der Waals surface area contributed by atoms with Crippen LogP contribution in [0.5, 0.6) is 0 Å². The average molecular weight is 435 g/mol. The summed E-state index contributed by atoms with van der Waals surface area (Å²) in [5, 5.41) is 0.759. The highest BCUT2D eigenvalue weighted by Gasteiger charge is 2.45. The van der Waals surface area contributed by atoms with Crippen molar-refractivity contribution in [2.45, 2.75) is 81.0 Å². The Labute approximate surface area is 188 Å². The van der Waals surface area contributed by atoms with E-state index in [0.717, 1.165) is 54.1 Å². The van der Waals surface area contributed by atoms with Gasteiger partial charge in [-0.1, -0.05) is 54.8 Å². The molecule has 3 aliphatic rings. The van der Waals surface area contributed by atoms with Gasteiger partial charge in [-0.05, 0) is 51.5 Å². The lowest BCUT2D eigenvalue weighted by Crippen LogP contribution is -2.44. The monoisotopic (exact) mass is 434 g/mol. The molecule has 1 saturated carbocycles. The second kappa shape index (κ2) is 7.83. The Morgan fingerprint density at radius 3 is 2.81 bits per heavy atom. The first-order chi connectivity index (χ1) is 14.9. The highest BCUT2D eigenvalue weighted by Crippen LogP contribution is 2.50. The zero-order valence-electron chi connectivity index (χ0n) is 18.4. The van der Waals surface area contributed by atoms with Crippen molar-refractivity contribution in [1.82, 2.24) is 9.55 Å². The van der Waals surface area contributed by atoms with Gasteiger partial charge in [-0.15, -0.1) is 6.42 Å². The van der Waals surface area contributed by atoms with Crippen LogP contribution in [0.15, 0.2) is 34.2 Å². The molecule has 1 aromatic carbocycles. The van der Waals surface area contributed by atoms with Gasteiger partial charge >= 0.3 is 0 Å². The van der Waals surface area contributed by atoms with E-state index in [1.54, 1.807) is 0 Å². The third kappa shape index (κ3) is 3.54. The van der Waals surface area contributed by atoms with Crippen LogP contribution in [0.1, 0.15) is 69.5 Å². The molecule has 0 amide bonds. The molecule has 0 bridgehead atoms. The quantitative estimate of drug-likeness (QED) is 0.381. The lowest BCUT2D eigenvalue weighted by atomic mass is 9.68. The summed E-state index contributed by atoms with van der Waals surface area (Å²) in [7, 11) is 0. The second-order valence-corrected chi connectivity index (χ2v) is 10.8. The molecule has 5 rings (SSSR count). The largest absolute Gasteiger partial charge is 0.375 e. The lowest BCUT2D eigenvalue weighted by molar-refractivity contribution is -0.0710. The zero-order chi connectivity index (χ0) is 21.6. The number of thioether (sulfide) groups is 1. The molecule has 1 spiro atoms. The summed E-state index contributed by atoms with van der Waals surface area (Å²) in [6, 6.07) is 8.58. The molecule has 4 nitrogen and oxygen atoms in total. The highest BCUT2D eigenvalue weighted by atomic mass is 32.2. The summed E-state index contributed by atoms with van der Waals surface area (Å²) in [6.07, 6.45) is 12.7. The van der Waals surface area contributed by atoms with Crippen molar-refractivity contribution in [3.63, 3.8) is 0 Å². The van der Waals surface area contributed by atoms with Gasteiger partial charge in [-0.3, -0.25) is 9.36 Å². The number of fused-ring (bicyclic) bond motifs is 4. The molecule has 5 heteroatoms. The molecule has 2 fully saturated rings. The molecule has 2 aliphatic carbocycles. The predicted molar refractivity (Wildman–Crippen MR) is 126 cm³/mol. The van der Waals surface area contributed by atoms with Crippen LogP contribution in [0.4, 0.5) is 0 Å². The molecular formula is C26H30N2O2S. The van der Waals surface area contributed by atoms with Crippen LogP contribution in [0, 0.1) is 12.3 Å². The van der Waals surface area contributed by atoms with Gasteiger partial charge in [-0.25, -0.2) is 4.98 Å². The van der Waals surface area contributed by atoms with Gasteiger partial charge in [0.1, 0.15) is 0 Å². The van der Waals surface area contributed by atoms with E-state index in [1.165, 1.54) is 30.2 Å². The van der Waals surface area contributed by atoms with Gasteiger partial charge in [0.25, 0.3) is 5.56 Å². The van der Waals surface area contributed by atoms with Crippen molar-refractivity contribution >= 4 is 11.8 Å². The molecule has 1 aliphatic heterocycles. The van der Waals surface area contributed by atoms with Crippen LogP contribution in [-0.2, 0) is 16.6 Å². The number of ether oxygens (including phenoxy) is 1. The Kier molecular flexibility index (Phi) is 5.27. The first kappa shape index (κ1) is 20.8. The maximum atomic E-state index is 14.3. The average Bonchev–Trinajstić information content (AvgIpc) is 3.19. The number of rotatable bonds is 3. The van der Waals surface area contributed by atoms with Crippen LogP contribution in [-0.4, -0.2) is 27.5 Å². The number of hydrogen-bond donors (Lipinski definition) is 0. The van der Waals surface area contributed by atoms with E-state index in [1.807, 2.05) is 4.57 Å². The Morgan fingerprint density at radius 1 is 1.29 bits per heavy atom. The topological polar surface area (TPSA) is 44.1 Å². The van der Waals surface area contributed by atoms with Crippen molar-refractivity contribution in [2.75, 3.05) is 12.4 Å². The molecule has 0 radical (unpaired) electrons. The van der Waals surface area contributed by atoms with Crippen LogP contribution in [0.2, 0.25) is 0 Å². The summed E-state index contributed by atoms with van der Waals surface area (Å²) >= 11 is 1.51. The van der Waals surface area contributed by atoms with Gasteiger partial charge in [0.2, 0.25) is 0 Å². The van der Waals surface area contributed by atoms with Gasteiger partial charge < -0.3 is 4.74 Å². The number of terminal acetylenes is 1. The molecule has 0 unspecified atom stereocenters. The molecule has 1 aromatic heterocycles. The summed E-state index contributed by atoms with van der Waals surface area (Å²) < 4.78 is 7.94. The highest BCUT2D eigenvalue weighted by molar-refractivity contribution is 7.99. The van der Waals surface area contributed by atoms with E-state index in [2.05, 4.69) is 44.0 Å². The number of aromatic nitrogens is 2. The van der Waals surface area contributed by atoms with Crippen LogP contribution < -0.4 is 5.56 Å². The number of nitrogens with zero attached hydrogens (tertiary/aromatic N) is 2. The fraction of sp³-hybridized carbons (Fsp3) is 0.538. The van der Waals surface area contributed by atoms with E-state index in [9.17, 15) is 4.79 Å². The van der Waals surface area contributed by atoms with E-state index in [4.69, 9.17) is 16.1 Å². The van der Waals surface area contributed by atoms with E-state index >= 15 is 0 Å². The summed E-state index contributed by atoms with van der Waals surface area (Å²) in [5.74, 6) is 3.22. The maximum Gasteiger partial charge on any atom is 0.258 e. The van der Waals surface area contributed by atoms with E-state index < -0.39 is 0 Å². The minimum Gasteiger partial charge on any atom is -0.375 e. The van der Waals surface area contributed by atoms with Crippen molar-refractivity contribution < 1.29 is 4.74 Å². The van der Waals surface area contributed by atoms with Gasteiger partial charge in [0, 0.05) is 23.6 Å². The first-order valence-electron chi connectivity index (χ1n) is 11.4. The van der Waals surface area contributed by atoms with Crippen molar-refractivity contribution in [2.24, 2.45) is 0 Å². The normalized spacial score (nSPS) is 23.2. The molecule has 2 aromatic rings. The fourth-order valence-electron chi connectivity index (χ4n) is 5.97. The zero-order valence-corrected chi connectivity index (χ0v) is 19.3. The predicted octanol–water partition coefficient (Wildman–Crippen LogP) is 5.13. The van der Waals surface area contributed by atoms with Gasteiger partial charge in [0.15, 0.2) is 5.16 Å². The summed E-state index contributed by atoms with van der Waals surface area (Å²) in [5.41, 5.74) is 4.13. The van der Waals surface area contributed by atoms with Crippen molar-refractivity contribution in [1.29, 1.82) is 0 Å². The van der Waals surface area contributed by atoms with Gasteiger partial charge in [-0.2, -0.15) is 0 Å². The number of hydrogen-bond acceptors (Lipinski definition) is 4. The molecule has 1 atom stereocenters. The van der Waals surface area contributed by atoms with E-state index in [0.29, 0.717) is 12.4 Å². The molecule has 2 heterocycles. The minimum absolute atomic E-state index is 0.0779. The Balaban J connectivity index is 1.75. The molecule has 1 saturated heterocycles. The molecule has 162 valence electrons. The maximum absolute atomic E-state index is 14.3. The van der Waals surface area contributed by atoms with E-state index in [-0.39, 0.29) is 22.6 Å². The lowest BCUT2D eigenvalue weighted by Gasteiger charge is -2.39. The smallest absolute Gasteiger partial charge is 0.258 e. The standard InChI is InChI=1S/C26H30N2O2S/c1-4-15-31-24-27-22-20-10-6-5-9-18(20)16-26(12-7-8-13-26)21(22)23(29)28(24)19-11-14-30-25(2,3)17-19/h1,5-6,9-10,19H,7-8,11-17H2,2-3H3/t19-/m0/s1. The molecular weight excluding hydrogens is 404 g/mol. The third-order valence-electron chi connectivity index (χ3n) is 7.30.